The number of nitrogens with one attached hydrogen (secondary N) is 1. The number of aliphatic hydroxyl groups is 1. The van der Waals surface area contributed by atoms with E-state index in [9.17, 15) is 9.90 Å². The monoisotopic (exact) mass is 307 g/mol. The topological polar surface area (TPSA) is 49.3 Å². The van der Waals surface area contributed by atoms with Gasteiger partial charge in [0.05, 0.1) is 9.90 Å². The summed E-state index contributed by atoms with van der Waals surface area (Å²) in [6.07, 6.45) is 3.22. The molecule has 1 saturated carbocycles. The first kappa shape index (κ1) is 14.1. The van der Waals surface area contributed by atoms with Crippen LogP contribution in [0.4, 0.5) is 0 Å². The number of halogens is 2. The van der Waals surface area contributed by atoms with Gasteiger partial charge in [-0.15, -0.1) is 11.3 Å². The molecular weight excluding hydrogens is 293 g/mol. The minimum Gasteiger partial charge on any atom is -0.396 e. The van der Waals surface area contributed by atoms with Crippen LogP contribution in [-0.2, 0) is 0 Å². The number of rotatable bonds is 4. The molecule has 3 nitrogen and oxygen atoms in total. The number of thiophene rings is 1. The van der Waals surface area contributed by atoms with E-state index < -0.39 is 0 Å². The molecule has 18 heavy (non-hydrogen) atoms. The largest absolute Gasteiger partial charge is 0.396 e. The zero-order valence-corrected chi connectivity index (χ0v) is 12.1. The number of carbonyl (C=O) groups is 1. The van der Waals surface area contributed by atoms with E-state index in [0.717, 1.165) is 19.3 Å². The molecule has 2 N–H and O–H groups in total. The number of aliphatic hydroxyl groups excluding tert-OH is 1. The molecule has 1 aliphatic carbocycles. The summed E-state index contributed by atoms with van der Waals surface area (Å²) >= 11 is 12.9. The summed E-state index contributed by atoms with van der Waals surface area (Å²) in [7, 11) is 0. The second kappa shape index (κ2) is 6.24. The standard InChI is InChI=1S/C12H15Cl2NO2S/c13-10-4-9(11(14)18-10)12(17)15-5-7-2-1-3-8(7)6-16/h4,7-8,16H,1-3,5-6H2,(H,15,17). The van der Waals surface area contributed by atoms with Crippen molar-refractivity contribution in [2.24, 2.45) is 11.8 Å². The Morgan fingerprint density at radius 2 is 2.17 bits per heavy atom. The van der Waals surface area contributed by atoms with E-state index in [1.165, 1.54) is 11.3 Å². The van der Waals surface area contributed by atoms with Gasteiger partial charge in [0.15, 0.2) is 0 Å². The number of amides is 1. The van der Waals surface area contributed by atoms with Gasteiger partial charge in [-0.2, -0.15) is 0 Å². The molecule has 2 atom stereocenters. The molecule has 2 unspecified atom stereocenters. The highest BCUT2D eigenvalue weighted by Gasteiger charge is 2.27. The average Bonchev–Trinajstić information content (AvgIpc) is 2.92. The van der Waals surface area contributed by atoms with Crippen LogP contribution in [0.2, 0.25) is 8.67 Å². The summed E-state index contributed by atoms with van der Waals surface area (Å²) < 4.78 is 0.932. The molecular formula is C12H15Cl2NO2S. The first-order chi connectivity index (χ1) is 8.61. The van der Waals surface area contributed by atoms with Gasteiger partial charge in [0, 0.05) is 13.2 Å². The molecule has 0 aromatic carbocycles. The molecule has 0 bridgehead atoms. The molecule has 6 heteroatoms. The number of hydrogen-bond donors (Lipinski definition) is 2. The van der Waals surface area contributed by atoms with Crippen LogP contribution in [0, 0.1) is 11.8 Å². The summed E-state index contributed by atoms with van der Waals surface area (Å²) in [5, 5.41) is 12.1. The minimum absolute atomic E-state index is 0.188. The van der Waals surface area contributed by atoms with E-state index in [1.54, 1.807) is 6.07 Å². The van der Waals surface area contributed by atoms with Gasteiger partial charge in [-0.25, -0.2) is 0 Å². The third-order valence-electron chi connectivity index (χ3n) is 3.48. The quantitative estimate of drug-likeness (QED) is 0.897. The van der Waals surface area contributed by atoms with Crippen molar-refractivity contribution >= 4 is 40.4 Å². The van der Waals surface area contributed by atoms with Gasteiger partial charge >= 0.3 is 0 Å². The summed E-state index contributed by atoms with van der Waals surface area (Å²) in [5.74, 6) is 0.491. The van der Waals surface area contributed by atoms with Crippen LogP contribution in [0.5, 0.6) is 0 Å². The van der Waals surface area contributed by atoms with Gasteiger partial charge in [-0.1, -0.05) is 29.6 Å². The van der Waals surface area contributed by atoms with Crippen molar-refractivity contribution < 1.29 is 9.90 Å². The Morgan fingerprint density at radius 1 is 1.44 bits per heavy atom. The zero-order chi connectivity index (χ0) is 13.1. The maximum atomic E-state index is 11.9. The Labute approximate surface area is 120 Å². The molecule has 2 rings (SSSR count). The van der Waals surface area contributed by atoms with Gasteiger partial charge in [0.2, 0.25) is 0 Å². The van der Waals surface area contributed by atoms with Crippen LogP contribution >= 0.6 is 34.5 Å². The number of carbonyl (C=O) groups excluding carboxylic acids is 1. The van der Waals surface area contributed by atoms with Crippen LogP contribution in [-0.4, -0.2) is 24.2 Å². The summed E-state index contributed by atoms with van der Waals surface area (Å²) in [5.41, 5.74) is 0.435. The fourth-order valence-electron chi connectivity index (χ4n) is 2.44. The van der Waals surface area contributed by atoms with Crippen LogP contribution in [0.3, 0.4) is 0 Å². The Kier molecular flexibility index (Phi) is 4.90. The highest BCUT2D eigenvalue weighted by molar-refractivity contribution is 7.20. The van der Waals surface area contributed by atoms with E-state index >= 15 is 0 Å². The summed E-state index contributed by atoms with van der Waals surface area (Å²) in [6.45, 7) is 0.791. The molecule has 1 aliphatic rings. The lowest BCUT2D eigenvalue weighted by molar-refractivity contribution is 0.0938. The van der Waals surface area contributed by atoms with Gasteiger partial charge < -0.3 is 10.4 Å². The Hall–Kier alpha value is -0.290. The predicted molar refractivity (Wildman–Crippen MR) is 74.6 cm³/mol. The van der Waals surface area contributed by atoms with E-state index in [4.69, 9.17) is 23.2 Å². The Bertz CT molecular complexity index is 436. The smallest absolute Gasteiger partial charge is 0.253 e. The fraction of sp³-hybridized carbons (Fsp3) is 0.583. The average molecular weight is 308 g/mol. The van der Waals surface area contributed by atoms with E-state index in [-0.39, 0.29) is 12.5 Å². The van der Waals surface area contributed by atoms with Gasteiger partial charge in [-0.3, -0.25) is 4.79 Å². The van der Waals surface area contributed by atoms with Crippen molar-refractivity contribution in [2.75, 3.05) is 13.2 Å². The van der Waals surface area contributed by atoms with Crippen LogP contribution in [0.15, 0.2) is 6.07 Å². The normalized spacial score (nSPS) is 23.3. The minimum atomic E-state index is -0.188. The summed E-state index contributed by atoms with van der Waals surface area (Å²) in [6, 6.07) is 1.59. The lowest BCUT2D eigenvalue weighted by Gasteiger charge is -2.17. The molecule has 1 amide bonds. The SMILES string of the molecule is O=C(NCC1CCCC1CO)c1cc(Cl)sc1Cl. The Balaban J connectivity index is 1.90. The van der Waals surface area contributed by atoms with Crippen LogP contribution in [0.1, 0.15) is 29.6 Å². The maximum absolute atomic E-state index is 11.9. The molecule has 1 heterocycles. The van der Waals surface area contributed by atoms with E-state index in [2.05, 4.69) is 5.32 Å². The molecule has 100 valence electrons. The van der Waals surface area contributed by atoms with Crippen molar-refractivity contribution in [1.29, 1.82) is 0 Å². The van der Waals surface area contributed by atoms with Crippen LogP contribution < -0.4 is 5.32 Å². The molecule has 1 fully saturated rings. The molecule has 0 radical (unpaired) electrons. The van der Waals surface area contributed by atoms with E-state index in [0.29, 0.717) is 32.6 Å². The summed E-state index contributed by atoms with van der Waals surface area (Å²) in [4.78, 5) is 11.9. The second-order valence-electron chi connectivity index (χ2n) is 4.58. The van der Waals surface area contributed by atoms with Crippen molar-refractivity contribution in [1.82, 2.24) is 5.32 Å². The zero-order valence-electron chi connectivity index (χ0n) is 9.79. The number of hydrogen-bond acceptors (Lipinski definition) is 3. The highest BCUT2D eigenvalue weighted by atomic mass is 35.5. The fourth-order valence-corrected chi connectivity index (χ4v) is 3.90. The van der Waals surface area contributed by atoms with Crippen molar-refractivity contribution in [2.45, 2.75) is 19.3 Å². The highest BCUT2D eigenvalue weighted by Crippen LogP contribution is 2.32. The van der Waals surface area contributed by atoms with Gasteiger partial charge in [0.1, 0.15) is 4.34 Å². The third-order valence-corrected chi connectivity index (χ3v) is 4.96. The van der Waals surface area contributed by atoms with Crippen molar-refractivity contribution in [3.05, 3.63) is 20.3 Å². The van der Waals surface area contributed by atoms with Crippen molar-refractivity contribution in [3.8, 4) is 0 Å². The van der Waals surface area contributed by atoms with Gasteiger partial charge in [0.25, 0.3) is 5.91 Å². The molecule has 0 aliphatic heterocycles. The molecule has 1 aromatic heterocycles. The van der Waals surface area contributed by atoms with Crippen LogP contribution in [0.25, 0.3) is 0 Å². The van der Waals surface area contributed by atoms with Crippen molar-refractivity contribution in [3.63, 3.8) is 0 Å². The molecule has 0 spiro atoms. The van der Waals surface area contributed by atoms with E-state index in [1.807, 2.05) is 0 Å². The van der Waals surface area contributed by atoms with Gasteiger partial charge in [-0.05, 0) is 30.7 Å². The predicted octanol–water partition coefficient (Wildman–Crippen LogP) is 3.19. The maximum Gasteiger partial charge on any atom is 0.253 e. The first-order valence-electron chi connectivity index (χ1n) is 5.95. The lowest BCUT2D eigenvalue weighted by atomic mass is 9.97. The molecule has 1 aromatic rings. The third kappa shape index (κ3) is 3.18. The molecule has 0 saturated heterocycles. The second-order valence-corrected chi connectivity index (χ2v) is 6.87. The first-order valence-corrected chi connectivity index (χ1v) is 7.53. The lowest BCUT2D eigenvalue weighted by Crippen LogP contribution is -2.31. The Morgan fingerprint density at radius 3 is 2.78 bits per heavy atom.